The number of carbonyl (C=O) groups is 1. The Kier molecular flexibility index (Phi) is 5.97. The van der Waals surface area contributed by atoms with Crippen LogP contribution in [0, 0.1) is 0 Å². The molecule has 1 aliphatic heterocycles. The maximum atomic E-state index is 13.5. The third kappa shape index (κ3) is 3.75. The number of fused-ring (bicyclic) bond motifs is 1. The zero-order valence-corrected chi connectivity index (χ0v) is 19.3. The van der Waals surface area contributed by atoms with E-state index in [0.29, 0.717) is 42.3 Å². The van der Waals surface area contributed by atoms with Crippen LogP contribution in [0.2, 0.25) is 0 Å². The first-order chi connectivity index (χ1) is 15.4. The second-order valence-electron chi connectivity index (χ2n) is 7.76. The van der Waals surface area contributed by atoms with Crippen LogP contribution >= 0.6 is 0 Å². The summed E-state index contributed by atoms with van der Waals surface area (Å²) in [7, 11) is -0.531. The van der Waals surface area contributed by atoms with Crippen LogP contribution in [0.4, 0.5) is 11.4 Å². The molecule has 32 heavy (non-hydrogen) atoms. The molecule has 0 N–H and O–H groups in total. The second-order valence-corrected chi connectivity index (χ2v) is 9.62. The minimum absolute atomic E-state index is 0.108. The number of rotatable bonds is 7. The van der Waals surface area contributed by atoms with Crippen molar-refractivity contribution in [3.8, 4) is 5.75 Å². The Balaban J connectivity index is 1.70. The summed E-state index contributed by atoms with van der Waals surface area (Å²) in [4.78, 5) is 15.3. The Morgan fingerprint density at radius 2 is 1.84 bits per heavy atom. The molecule has 1 amide bonds. The number of ether oxygens (including phenoxy) is 1. The Hall–Kier alpha value is -3.26. The van der Waals surface area contributed by atoms with Gasteiger partial charge in [-0.15, -0.1) is 0 Å². The van der Waals surface area contributed by atoms with Crippen molar-refractivity contribution in [2.45, 2.75) is 24.7 Å². The van der Waals surface area contributed by atoms with Gasteiger partial charge in [0, 0.05) is 26.3 Å². The molecule has 0 saturated carbocycles. The first-order valence-electron chi connectivity index (χ1n) is 10.6. The standard InChI is InChI=1S/C24H27N3O4S/c1-4-14-26(21-11-7-8-12-23(21)31-3)24(28)22-16-19(17-25(22)2)32(29,30)27-15-13-18-9-5-6-10-20(18)27/h5-12,16-17H,4,13-15H2,1-3H3. The van der Waals surface area contributed by atoms with Gasteiger partial charge in [-0.1, -0.05) is 37.3 Å². The molecule has 1 aromatic heterocycles. The highest BCUT2D eigenvalue weighted by Crippen LogP contribution is 2.34. The van der Waals surface area contributed by atoms with E-state index in [1.807, 2.05) is 49.4 Å². The van der Waals surface area contributed by atoms with Crippen molar-refractivity contribution in [2.75, 3.05) is 29.4 Å². The molecule has 3 aromatic rings. The van der Waals surface area contributed by atoms with Crippen LogP contribution < -0.4 is 13.9 Å². The zero-order valence-electron chi connectivity index (χ0n) is 18.5. The van der Waals surface area contributed by atoms with E-state index in [4.69, 9.17) is 4.74 Å². The Morgan fingerprint density at radius 3 is 2.59 bits per heavy atom. The lowest BCUT2D eigenvalue weighted by Crippen LogP contribution is -2.33. The van der Waals surface area contributed by atoms with Crippen molar-refractivity contribution in [1.29, 1.82) is 0 Å². The summed E-state index contributed by atoms with van der Waals surface area (Å²) in [5.41, 5.74) is 2.66. The number of para-hydroxylation sites is 3. The minimum atomic E-state index is -3.79. The lowest BCUT2D eigenvalue weighted by molar-refractivity contribution is 0.0978. The number of aryl methyl sites for hydroxylation is 1. The summed E-state index contributed by atoms with van der Waals surface area (Å²) in [5, 5.41) is 0. The lowest BCUT2D eigenvalue weighted by atomic mass is 10.2. The van der Waals surface area contributed by atoms with E-state index in [9.17, 15) is 13.2 Å². The van der Waals surface area contributed by atoms with Crippen molar-refractivity contribution >= 4 is 27.3 Å². The SMILES string of the molecule is CCCN(C(=O)c1cc(S(=O)(=O)N2CCc3ccccc32)cn1C)c1ccccc1OC. The number of hydrogen-bond donors (Lipinski definition) is 0. The average Bonchev–Trinajstić information content (AvgIpc) is 3.41. The molecule has 8 heteroatoms. The molecule has 0 radical (unpaired) electrons. The molecule has 0 fully saturated rings. The smallest absolute Gasteiger partial charge is 0.275 e. The van der Waals surface area contributed by atoms with E-state index in [0.717, 1.165) is 12.0 Å². The lowest BCUT2D eigenvalue weighted by Gasteiger charge is -2.24. The minimum Gasteiger partial charge on any atom is -0.495 e. The third-order valence-electron chi connectivity index (χ3n) is 5.70. The predicted octanol–water partition coefficient (Wildman–Crippen LogP) is 3.84. The van der Waals surface area contributed by atoms with E-state index >= 15 is 0 Å². The molecular formula is C24H27N3O4S. The molecular weight excluding hydrogens is 426 g/mol. The highest BCUT2D eigenvalue weighted by molar-refractivity contribution is 7.92. The molecule has 0 bridgehead atoms. The van der Waals surface area contributed by atoms with Crippen molar-refractivity contribution < 1.29 is 17.9 Å². The van der Waals surface area contributed by atoms with E-state index in [1.165, 1.54) is 16.6 Å². The fourth-order valence-corrected chi connectivity index (χ4v) is 5.69. The normalized spacial score (nSPS) is 13.2. The van der Waals surface area contributed by atoms with Crippen LogP contribution in [0.5, 0.6) is 5.75 Å². The number of carbonyl (C=O) groups excluding carboxylic acids is 1. The predicted molar refractivity (Wildman–Crippen MR) is 125 cm³/mol. The number of anilines is 2. The summed E-state index contributed by atoms with van der Waals surface area (Å²) in [6, 6.07) is 16.3. The number of benzene rings is 2. The van der Waals surface area contributed by atoms with Gasteiger partial charge in [-0.2, -0.15) is 0 Å². The molecule has 0 saturated heterocycles. The summed E-state index contributed by atoms with van der Waals surface area (Å²) >= 11 is 0. The van der Waals surface area contributed by atoms with Gasteiger partial charge in [0.2, 0.25) is 0 Å². The number of aromatic nitrogens is 1. The molecule has 0 aliphatic carbocycles. The number of hydrogen-bond acceptors (Lipinski definition) is 4. The van der Waals surface area contributed by atoms with Gasteiger partial charge in [0.25, 0.3) is 15.9 Å². The molecule has 1 aliphatic rings. The van der Waals surface area contributed by atoms with Gasteiger partial charge < -0.3 is 14.2 Å². The Labute approximate surface area is 188 Å². The van der Waals surface area contributed by atoms with Gasteiger partial charge in [0.05, 0.1) is 18.5 Å². The molecule has 0 atom stereocenters. The second kappa shape index (κ2) is 8.70. The largest absolute Gasteiger partial charge is 0.495 e. The molecule has 7 nitrogen and oxygen atoms in total. The monoisotopic (exact) mass is 453 g/mol. The molecule has 4 rings (SSSR count). The van der Waals surface area contributed by atoms with Crippen molar-refractivity contribution in [3.63, 3.8) is 0 Å². The van der Waals surface area contributed by atoms with Crippen molar-refractivity contribution in [2.24, 2.45) is 7.05 Å². The molecule has 2 aromatic carbocycles. The third-order valence-corrected chi connectivity index (χ3v) is 7.48. The van der Waals surface area contributed by atoms with Gasteiger partial charge in [0.15, 0.2) is 0 Å². The van der Waals surface area contributed by atoms with Gasteiger partial charge in [-0.3, -0.25) is 9.10 Å². The Bertz CT molecular complexity index is 1250. The van der Waals surface area contributed by atoms with Crippen LogP contribution in [0.1, 0.15) is 29.4 Å². The van der Waals surface area contributed by atoms with Crippen molar-refractivity contribution in [1.82, 2.24) is 4.57 Å². The van der Waals surface area contributed by atoms with Crippen LogP contribution in [0.25, 0.3) is 0 Å². The highest BCUT2D eigenvalue weighted by Gasteiger charge is 2.33. The number of amides is 1. The summed E-state index contributed by atoms with van der Waals surface area (Å²) in [6.07, 6.45) is 2.92. The number of nitrogens with zero attached hydrogens (tertiary/aromatic N) is 3. The molecule has 168 valence electrons. The van der Waals surface area contributed by atoms with E-state index in [-0.39, 0.29) is 10.8 Å². The molecule has 2 heterocycles. The van der Waals surface area contributed by atoms with Crippen LogP contribution in [-0.4, -0.2) is 39.1 Å². The fourth-order valence-electron chi connectivity index (χ4n) is 4.12. The maximum Gasteiger partial charge on any atom is 0.275 e. The van der Waals surface area contributed by atoms with E-state index in [2.05, 4.69) is 0 Å². The first-order valence-corrected chi connectivity index (χ1v) is 12.0. The summed E-state index contributed by atoms with van der Waals surface area (Å²) in [6.45, 7) is 2.86. The molecule has 0 unspecified atom stereocenters. The van der Waals surface area contributed by atoms with Gasteiger partial charge in [-0.25, -0.2) is 8.42 Å². The molecule has 0 spiro atoms. The van der Waals surface area contributed by atoms with E-state index in [1.54, 1.807) is 29.7 Å². The number of sulfonamides is 1. The zero-order chi connectivity index (χ0) is 22.9. The fraction of sp³-hybridized carbons (Fsp3) is 0.292. The number of methoxy groups -OCH3 is 1. The van der Waals surface area contributed by atoms with E-state index < -0.39 is 10.0 Å². The highest BCUT2D eigenvalue weighted by atomic mass is 32.2. The van der Waals surface area contributed by atoms with Crippen LogP contribution in [-0.2, 0) is 23.5 Å². The van der Waals surface area contributed by atoms with Gasteiger partial charge in [0.1, 0.15) is 16.3 Å². The first kappa shape index (κ1) is 22.0. The quantitative estimate of drug-likeness (QED) is 0.545. The van der Waals surface area contributed by atoms with Crippen LogP contribution in [0.15, 0.2) is 65.7 Å². The maximum absolute atomic E-state index is 13.5. The Morgan fingerprint density at radius 1 is 1.12 bits per heavy atom. The van der Waals surface area contributed by atoms with Crippen LogP contribution in [0.3, 0.4) is 0 Å². The average molecular weight is 454 g/mol. The van der Waals surface area contributed by atoms with Crippen molar-refractivity contribution in [3.05, 3.63) is 72.1 Å². The topological polar surface area (TPSA) is 71.9 Å². The summed E-state index contributed by atoms with van der Waals surface area (Å²) in [5.74, 6) is 0.312. The van der Waals surface area contributed by atoms with Gasteiger partial charge in [-0.05, 0) is 42.7 Å². The summed E-state index contributed by atoms with van der Waals surface area (Å²) < 4.78 is 35.3. The van der Waals surface area contributed by atoms with Gasteiger partial charge >= 0.3 is 0 Å².